The van der Waals surface area contributed by atoms with E-state index in [1.807, 2.05) is 39.0 Å². The normalized spacial score (nSPS) is 11.3. The maximum absolute atomic E-state index is 6.18. The second kappa shape index (κ2) is 6.12. The standard InChI is InChI=1S/C15H17BrClN3O/c1-15(2,3)21-14-11(18)5-7-13(20-14)19-12-6-4-9(16)8-10(12)17/h4-8H,18H2,1-3H3,(H,19,20). The van der Waals surface area contributed by atoms with Crippen LogP contribution in [0.3, 0.4) is 0 Å². The number of ether oxygens (including phenoxy) is 1. The van der Waals surface area contributed by atoms with E-state index in [0.717, 1.165) is 10.2 Å². The third-order valence-corrected chi connectivity index (χ3v) is 3.29. The maximum Gasteiger partial charge on any atom is 0.239 e. The summed E-state index contributed by atoms with van der Waals surface area (Å²) in [5.74, 6) is 1.02. The topological polar surface area (TPSA) is 60.2 Å². The molecule has 0 spiro atoms. The van der Waals surface area contributed by atoms with Crippen LogP contribution in [0.25, 0.3) is 0 Å². The molecule has 1 aromatic carbocycles. The third kappa shape index (κ3) is 4.51. The second-order valence-electron chi connectivity index (χ2n) is 5.55. The summed E-state index contributed by atoms with van der Waals surface area (Å²) in [6.07, 6.45) is 0. The first-order valence-corrected chi connectivity index (χ1v) is 7.59. The molecule has 0 saturated heterocycles. The Labute approximate surface area is 137 Å². The second-order valence-corrected chi connectivity index (χ2v) is 6.88. The van der Waals surface area contributed by atoms with Gasteiger partial charge in [0, 0.05) is 4.47 Å². The zero-order valence-corrected chi connectivity index (χ0v) is 14.4. The smallest absolute Gasteiger partial charge is 0.239 e. The molecule has 0 unspecified atom stereocenters. The number of nitrogen functional groups attached to an aromatic ring is 1. The van der Waals surface area contributed by atoms with Crippen molar-refractivity contribution < 1.29 is 4.74 Å². The summed E-state index contributed by atoms with van der Waals surface area (Å²) >= 11 is 9.55. The van der Waals surface area contributed by atoms with E-state index < -0.39 is 0 Å². The predicted molar refractivity (Wildman–Crippen MR) is 91.5 cm³/mol. The van der Waals surface area contributed by atoms with E-state index in [2.05, 4.69) is 26.2 Å². The summed E-state index contributed by atoms with van der Waals surface area (Å²) in [6.45, 7) is 5.83. The third-order valence-electron chi connectivity index (χ3n) is 2.49. The molecule has 1 heterocycles. The van der Waals surface area contributed by atoms with Gasteiger partial charge in [-0.1, -0.05) is 27.5 Å². The Morgan fingerprint density at radius 3 is 2.57 bits per heavy atom. The average Bonchev–Trinajstić information content (AvgIpc) is 2.35. The lowest BCUT2D eigenvalue weighted by Gasteiger charge is -2.21. The van der Waals surface area contributed by atoms with E-state index in [9.17, 15) is 0 Å². The van der Waals surface area contributed by atoms with E-state index in [1.165, 1.54) is 0 Å². The minimum atomic E-state index is -0.366. The van der Waals surface area contributed by atoms with Gasteiger partial charge in [0.25, 0.3) is 0 Å². The van der Waals surface area contributed by atoms with Crippen molar-refractivity contribution in [2.45, 2.75) is 26.4 Å². The van der Waals surface area contributed by atoms with Crippen LogP contribution >= 0.6 is 27.5 Å². The maximum atomic E-state index is 6.18. The van der Waals surface area contributed by atoms with Crippen LogP contribution in [0.5, 0.6) is 5.88 Å². The van der Waals surface area contributed by atoms with Crippen LogP contribution in [-0.2, 0) is 0 Å². The molecule has 0 fully saturated rings. The molecule has 0 aliphatic rings. The van der Waals surface area contributed by atoms with Crippen LogP contribution in [0, 0.1) is 0 Å². The Hall–Kier alpha value is -1.46. The zero-order chi connectivity index (χ0) is 15.6. The molecule has 0 atom stereocenters. The number of anilines is 3. The predicted octanol–water partition coefficient (Wildman–Crippen LogP) is 5.00. The quantitative estimate of drug-likeness (QED) is 0.798. The first kappa shape index (κ1) is 15.9. The average molecular weight is 371 g/mol. The Balaban J connectivity index is 2.26. The van der Waals surface area contributed by atoms with Crippen molar-refractivity contribution in [3.05, 3.63) is 39.8 Å². The van der Waals surface area contributed by atoms with Gasteiger partial charge < -0.3 is 15.8 Å². The molecule has 0 radical (unpaired) electrons. The highest BCUT2D eigenvalue weighted by atomic mass is 79.9. The van der Waals surface area contributed by atoms with E-state index in [-0.39, 0.29) is 5.60 Å². The highest BCUT2D eigenvalue weighted by Gasteiger charge is 2.15. The van der Waals surface area contributed by atoms with Gasteiger partial charge in [-0.3, -0.25) is 0 Å². The van der Waals surface area contributed by atoms with Gasteiger partial charge in [0.2, 0.25) is 5.88 Å². The van der Waals surface area contributed by atoms with Crippen molar-refractivity contribution in [3.8, 4) is 5.88 Å². The highest BCUT2D eigenvalue weighted by Crippen LogP contribution is 2.30. The molecule has 0 aliphatic heterocycles. The Bertz CT molecular complexity index is 656. The lowest BCUT2D eigenvalue weighted by molar-refractivity contribution is 0.125. The molecule has 0 aliphatic carbocycles. The minimum Gasteiger partial charge on any atom is -0.470 e. The first-order valence-electron chi connectivity index (χ1n) is 6.42. The number of nitrogens with two attached hydrogens (primary N) is 1. The number of nitrogens with zero attached hydrogens (tertiary/aromatic N) is 1. The van der Waals surface area contributed by atoms with E-state index in [4.69, 9.17) is 22.1 Å². The van der Waals surface area contributed by atoms with Crippen LogP contribution in [-0.4, -0.2) is 10.6 Å². The Morgan fingerprint density at radius 2 is 1.95 bits per heavy atom. The van der Waals surface area contributed by atoms with Gasteiger partial charge >= 0.3 is 0 Å². The van der Waals surface area contributed by atoms with Crippen molar-refractivity contribution in [1.82, 2.24) is 4.98 Å². The van der Waals surface area contributed by atoms with Gasteiger partial charge in [-0.05, 0) is 51.1 Å². The molecule has 1 aromatic heterocycles. The van der Waals surface area contributed by atoms with Crippen molar-refractivity contribution in [2.24, 2.45) is 0 Å². The van der Waals surface area contributed by atoms with Gasteiger partial charge in [0.05, 0.1) is 16.4 Å². The molecule has 0 bridgehead atoms. The van der Waals surface area contributed by atoms with Crippen LogP contribution in [0.2, 0.25) is 5.02 Å². The summed E-state index contributed by atoms with van der Waals surface area (Å²) in [6, 6.07) is 9.12. The van der Waals surface area contributed by atoms with Crippen molar-refractivity contribution in [1.29, 1.82) is 0 Å². The number of pyridine rings is 1. The van der Waals surface area contributed by atoms with Gasteiger partial charge in [-0.15, -0.1) is 0 Å². The number of hydrogen-bond donors (Lipinski definition) is 2. The van der Waals surface area contributed by atoms with Crippen molar-refractivity contribution in [2.75, 3.05) is 11.1 Å². The molecule has 4 nitrogen and oxygen atoms in total. The first-order chi connectivity index (χ1) is 9.74. The molecular weight excluding hydrogens is 354 g/mol. The fraction of sp³-hybridized carbons (Fsp3) is 0.267. The number of rotatable bonds is 3. The molecule has 0 amide bonds. The monoisotopic (exact) mass is 369 g/mol. The van der Waals surface area contributed by atoms with Gasteiger partial charge in [0.15, 0.2) is 0 Å². The van der Waals surface area contributed by atoms with Crippen LogP contribution in [0.4, 0.5) is 17.2 Å². The van der Waals surface area contributed by atoms with Gasteiger partial charge in [-0.25, -0.2) is 0 Å². The lowest BCUT2D eigenvalue weighted by Crippen LogP contribution is -2.24. The van der Waals surface area contributed by atoms with Crippen LogP contribution < -0.4 is 15.8 Å². The molecule has 2 rings (SSSR count). The summed E-state index contributed by atoms with van der Waals surface area (Å²) in [7, 11) is 0. The SMILES string of the molecule is CC(C)(C)Oc1nc(Nc2ccc(Br)cc2Cl)ccc1N. The fourth-order valence-electron chi connectivity index (χ4n) is 1.62. The number of hydrogen-bond acceptors (Lipinski definition) is 4. The van der Waals surface area contributed by atoms with E-state index in [1.54, 1.807) is 12.1 Å². The Kier molecular flexibility index (Phi) is 4.64. The highest BCUT2D eigenvalue weighted by molar-refractivity contribution is 9.10. The van der Waals surface area contributed by atoms with Crippen LogP contribution in [0.15, 0.2) is 34.8 Å². The molecule has 21 heavy (non-hydrogen) atoms. The van der Waals surface area contributed by atoms with Crippen molar-refractivity contribution >= 4 is 44.7 Å². The van der Waals surface area contributed by atoms with Gasteiger partial charge in [-0.2, -0.15) is 4.98 Å². The minimum absolute atomic E-state index is 0.366. The molecule has 3 N–H and O–H groups in total. The lowest BCUT2D eigenvalue weighted by atomic mass is 10.2. The summed E-state index contributed by atoms with van der Waals surface area (Å²) in [5, 5.41) is 3.75. The summed E-state index contributed by atoms with van der Waals surface area (Å²) < 4.78 is 6.66. The zero-order valence-electron chi connectivity index (χ0n) is 12.1. The van der Waals surface area contributed by atoms with Gasteiger partial charge in [0.1, 0.15) is 11.4 Å². The van der Waals surface area contributed by atoms with Crippen LogP contribution in [0.1, 0.15) is 20.8 Å². The molecule has 112 valence electrons. The fourth-order valence-corrected chi connectivity index (χ4v) is 2.34. The number of halogens is 2. The molecule has 0 saturated carbocycles. The largest absolute Gasteiger partial charge is 0.470 e. The number of benzene rings is 1. The Morgan fingerprint density at radius 1 is 1.24 bits per heavy atom. The molecule has 6 heteroatoms. The molecule has 2 aromatic rings. The van der Waals surface area contributed by atoms with E-state index in [0.29, 0.717) is 22.4 Å². The molecular formula is C15H17BrClN3O. The van der Waals surface area contributed by atoms with E-state index >= 15 is 0 Å². The summed E-state index contributed by atoms with van der Waals surface area (Å²) in [4.78, 5) is 4.39. The van der Waals surface area contributed by atoms with Crippen molar-refractivity contribution in [3.63, 3.8) is 0 Å². The number of nitrogens with one attached hydrogen (secondary N) is 1. The number of aromatic nitrogens is 1. The summed E-state index contributed by atoms with van der Waals surface area (Å²) in [5.41, 5.74) is 6.79.